The van der Waals surface area contributed by atoms with Gasteiger partial charge in [-0.3, -0.25) is 4.79 Å². The maximum Gasteiger partial charge on any atom is 0.252 e. The molecule has 0 aromatic heterocycles. The van der Waals surface area contributed by atoms with Crippen molar-refractivity contribution in [3.63, 3.8) is 0 Å². The Kier molecular flexibility index (Phi) is 3.87. The quantitative estimate of drug-likeness (QED) is 0.773. The van der Waals surface area contributed by atoms with E-state index in [0.717, 1.165) is 37.7 Å². The average molecular weight is 327 g/mol. The number of hydrogen-bond donors (Lipinski definition) is 0. The summed E-state index contributed by atoms with van der Waals surface area (Å²) in [7, 11) is -3.35. The lowest BCUT2D eigenvalue weighted by atomic mass is 9.79. The molecule has 0 unspecified atom stereocenters. The fourth-order valence-electron chi connectivity index (χ4n) is 3.06. The van der Waals surface area contributed by atoms with Crippen LogP contribution in [0.2, 0.25) is 0 Å². The highest BCUT2D eigenvalue weighted by Gasteiger charge is 2.34. The van der Waals surface area contributed by atoms with E-state index in [1.165, 1.54) is 0 Å². The van der Waals surface area contributed by atoms with Crippen LogP contribution in [0.5, 0.6) is 0 Å². The van der Waals surface area contributed by atoms with Crippen LogP contribution in [0.3, 0.4) is 0 Å². The van der Waals surface area contributed by atoms with Crippen LogP contribution >= 0.6 is 11.6 Å². The Balaban J connectivity index is 2.13. The monoisotopic (exact) mass is 326 g/mol. The molecule has 0 spiro atoms. The summed E-state index contributed by atoms with van der Waals surface area (Å²) in [6, 6.07) is 3.47. The van der Waals surface area contributed by atoms with Crippen LogP contribution in [0.15, 0.2) is 17.0 Å². The summed E-state index contributed by atoms with van der Waals surface area (Å²) in [4.78, 5) is 11.9. The van der Waals surface area contributed by atoms with Gasteiger partial charge in [0.2, 0.25) is 0 Å². The maximum absolute atomic E-state index is 12.8. The Morgan fingerprint density at radius 3 is 2.38 bits per heavy atom. The molecule has 0 atom stereocenters. The molecule has 114 valence electrons. The zero-order chi connectivity index (χ0) is 15.2. The van der Waals surface area contributed by atoms with E-state index in [4.69, 9.17) is 11.6 Å². The third-order valence-corrected chi connectivity index (χ3v) is 6.93. The second kappa shape index (κ2) is 5.40. The summed E-state index contributed by atoms with van der Waals surface area (Å²) in [5.74, 6) is 0.805. The van der Waals surface area contributed by atoms with Crippen molar-refractivity contribution in [3.05, 3.63) is 28.8 Å². The predicted octanol–water partition coefficient (Wildman–Crippen LogP) is 3.83. The molecule has 0 saturated heterocycles. The Morgan fingerprint density at radius 1 is 1.24 bits per heavy atom. The lowest BCUT2D eigenvalue weighted by Crippen LogP contribution is -2.19. The molecule has 3 rings (SSSR count). The van der Waals surface area contributed by atoms with Gasteiger partial charge in [-0.15, -0.1) is 0 Å². The summed E-state index contributed by atoms with van der Waals surface area (Å²) >= 11 is 5.59. The summed E-state index contributed by atoms with van der Waals surface area (Å²) < 4.78 is 25.6. The third kappa shape index (κ3) is 2.88. The Morgan fingerprint density at radius 2 is 1.90 bits per heavy atom. The van der Waals surface area contributed by atoms with Crippen molar-refractivity contribution >= 4 is 26.7 Å². The van der Waals surface area contributed by atoms with E-state index >= 15 is 0 Å². The van der Waals surface area contributed by atoms with Crippen LogP contribution in [0.25, 0.3) is 0 Å². The minimum Gasteiger partial charge on any atom is -0.276 e. The summed E-state index contributed by atoms with van der Waals surface area (Å²) in [6.45, 7) is 1.71. The minimum atomic E-state index is -3.35. The topological polar surface area (TPSA) is 51.2 Å². The molecule has 0 radical (unpaired) electrons. The SMILES string of the molecule is Cc1c(C(=O)Cl)ccc(C2CCC2)c1S(=O)(=O)CC1CC1. The highest BCUT2D eigenvalue weighted by molar-refractivity contribution is 7.91. The number of sulfone groups is 1. The van der Waals surface area contributed by atoms with E-state index in [9.17, 15) is 13.2 Å². The molecule has 0 amide bonds. The van der Waals surface area contributed by atoms with Gasteiger partial charge in [-0.25, -0.2) is 8.42 Å². The van der Waals surface area contributed by atoms with Gasteiger partial charge in [0.1, 0.15) is 0 Å². The molecule has 0 heterocycles. The smallest absolute Gasteiger partial charge is 0.252 e. The lowest BCUT2D eigenvalue weighted by Gasteiger charge is -2.29. The molecule has 0 aliphatic heterocycles. The van der Waals surface area contributed by atoms with Crippen LogP contribution in [-0.4, -0.2) is 19.4 Å². The molecule has 2 aliphatic rings. The van der Waals surface area contributed by atoms with E-state index in [1.807, 2.05) is 0 Å². The predicted molar refractivity (Wildman–Crippen MR) is 82.7 cm³/mol. The van der Waals surface area contributed by atoms with E-state index in [-0.39, 0.29) is 5.75 Å². The first-order chi connectivity index (χ1) is 9.90. The molecule has 2 saturated carbocycles. The third-order valence-electron chi connectivity index (χ3n) is 4.66. The molecule has 21 heavy (non-hydrogen) atoms. The Hall–Kier alpha value is -0.870. The van der Waals surface area contributed by atoms with Gasteiger partial charge >= 0.3 is 0 Å². The van der Waals surface area contributed by atoms with E-state index in [0.29, 0.717) is 27.9 Å². The van der Waals surface area contributed by atoms with Crippen LogP contribution < -0.4 is 0 Å². The number of rotatable bonds is 5. The van der Waals surface area contributed by atoms with Crippen LogP contribution in [0.4, 0.5) is 0 Å². The summed E-state index contributed by atoms with van der Waals surface area (Å²) in [5, 5.41) is -0.587. The molecule has 3 nitrogen and oxygen atoms in total. The zero-order valence-electron chi connectivity index (χ0n) is 12.1. The van der Waals surface area contributed by atoms with E-state index in [1.54, 1.807) is 19.1 Å². The van der Waals surface area contributed by atoms with E-state index in [2.05, 4.69) is 0 Å². The van der Waals surface area contributed by atoms with Gasteiger partial charge in [-0.05, 0) is 73.2 Å². The first kappa shape index (κ1) is 15.0. The molecule has 0 bridgehead atoms. The summed E-state index contributed by atoms with van der Waals surface area (Å²) in [6.07, 6.45) is 5.18. The molecule has 2 aliphatic carbocycles. The molecular weight excluding hydrogens is 308 g/mol. The molecular formula is C16H19ClO3S. The second-order valence-electron chi connectivity index (χ2n) is 6.28. The van der Waals surface area contributed by atoms with Crippen molar-refractivity contribution < 1.29 is 13.2 Å². The summed E-state index contributed by atoms with van der Waals surface area (Å²) in [5.41, 5.74) is 1.73. The van der Waals surface area contributed by atoms with Gasteiger partial charge < -0.3 is 0 Å². The van der Waals surface area contributed by atoms with Crippen LogP contribution in [0.1, 0.15) is 59.5 Å². The van der Waals surface area contributed by atoms with Crippen molar-refractivity contribution in [2.45, 2.75) is 49.8 Å². The fraction of sp³-hybridized carbons (Fsp3) is 0.562. The van der Waals surface area contributed by atoms with Gasteiger partial charge in [0.05, 0.1) is 10.6 Å². The molecule has 5 heteroatoms. The van der Waals surface area contributed by atoms with Crippen molar-refractivity contribution in [2.24, 2.45) is 5.92 Å². The van der Waals surface area contributed by atoms with Crippen molar-refractivity contribution in [1.29, 1.82) is 0 Å². The highest BCUT2D eigenvalue weighted by atomic mass is 35.5. The zero-order valence-corrected chi connectivity index (χ0v) is 13.6. The minimum absolute atomic E-state index is 0.202. The molecule has 1 aromatic carbocycles. The van der Waals surface area contributed by atoms with Gasteiger partial charge in [0.25, 0.3) is 5.24 Å². The Labute approximate surface area is 130 Å². The van der Waals surface area contributed by atoms with Crippen molar-refractivity contribution in [2.75, 3.05) is 5.75 Å². The first-order valence-corrected chi connectivity index (χ1v) is 9.49. The normalized spacial score (nSPS) is 19.3. The fourth-order valence-corrected chi connectivity index (χ4v) is 5.55. The Bertz CT molecular complexity index is 686. The second-order valence-corrected chi connectivity index (χ2v) is 8.60. The van der Waals surface area contributed by atoms with Crippen molar-refractivity contribution in [3.8, 4) is 0 Å². The van der Waals surface area contributed by atoms with Crippen LogP contribution in [-0.2, 0) is 9.84 Å². The number of halogens is 1. The number of carbonyl (C=O) groups excluding carboxylic acids is 1. The van der Waals surface area contributed by atoms with Crippen molar-refractivity contribution in [1.82, 2.24) is 0 Å². The molecule has 1 aromatic rings. The van der Waals surface area contributed by atoms with Gasteiger partial charge in [0.15, 0.2) is 9.84 Å². The highest BCUT2D eigenvalue weighted by Crippen LogP contribution is 2.42. The number of benzene rings is 1. The lowest BCUT2D eigenvalue weighted by molar-refractivity contribution is 0.108. The molecule has 0 N–H and O–H groups in total. The largest absolute Gasteiger partial charge is 0.276 e. The number of hydrogen-bond acceptors (Lipinski definition) is 3. The van der Waals surface area contributed by atoms with Gasteiger partial charge in [0, 0.05) is 5.56 Å². The first-order valence-electron chi connectivity index (χ1n) is 7.46. The van der Waals surface area contributed by atoms with Crippen LogP contribution in [0, 0.1) is 12.8 Å². The maximum atomic E-state index is 12.8. The standard InChI is InChI=1S/C16H19ClO3S/c1-10-13(16(17)18)7-8-14(12-3-2-4-12)15(10)21(19,20)9-11-5-6-11/h7-8,11-12H,2-6,9H2,1H3. The molecule has 2 fully saturated rings. The average Bonchev–Trinajstić information content (AvgIpc) is 3.09. The van der Waals surface area contributed by atoms with Gasteiger partial charge in [-0.2, -0.15) is 0 Å². The van der Waals surface area contributed by atoms with Gasteiger partial charge in [-0.1, -0.05) is 12.5 Å². The number of carbonyl (C=O) groups is 1. The van der Waals surface area contributed by atoms with E-state index < -0.39 is 15.1 Å².